The zero-order valence-corrected chi connectivity index (χ0v) is 16.0. The van der Waals surface area contributed by atoms with Crippen LogP contribution in [0.15, 0.2) is 35.7 Å². The lowest BCUT2D eigenvalue weighted by molar-refractivity contribution is -0.131. The van der Waals surface area contributed by atoms with Gasteiger partial charge in [0, 0.05) is 24.4 Å². The molecule has 4 heteroatoms. The van der Waals surface area contributed by atoms with Gasteiger partial charge < -0.3 is 4.74 Å². The van der Waals surface area contributed by atoms with Gasteiger partial charge in [-0.15, -0.1) is 11.3 Å². The quantitative estimate of drug-likeness (QED) is 0.540. The van der Waals surface area contributed by atoms with Gasteiger partial charge in [-0.25, -0.2) is 0 Å². The van der Waals surface area contributed by atoms with E-state index in [0.29, 0.717) is 6.04 Å². The van der Waals surface area contributed by atoms with Crippen molar-refractivity contribution in [2.45, 2.75) is 52.0 Å². The normalized spacial score (nSPS) is 16.7. The van der Waals surface area contributed by atoms with Gasteiger partial charge in [0.2, 0.25) is 0 Å². The van der Waals surface area contributed by atoms with E-state index < -0.39 is 0 Å². The molecule has 25 heavy (non-hydrogen) atoms. The number of carbonyl (C=O) groups is 1. The topological polar surface area (TPSA) is 29.5 Å². The molecule has 0 saturated carbocycles. The number of ether oxygens (including phenoxy) is 1. The van der Waals surface area contributed by atoms with Crippen LogP contribution in [0.2, 0.25) is 0 Å². The van der Waals surface area contributed by atoms with Crippen molar-refractivity contribution >= 4 is 17.3 Å². The lowest BCUT2D eigenvalue weighted by Crippen LogP contribution is -2.41. The molecular formula is C21H27NO2S. The van der Waals surface area contributed by atoms with Crippen molar-refractivity contribution in [3.63, 3.8) is 0 Å². The maximum atomic E-state index is 11.3. The van der Waals surface area contributed by atoms with Gasteiger partial charge in [0.15, 0.2) is 0 Å². The average Bonchev–Trinajstić information content (AvgIpc) is 3.11. The van der Waals surface area contributed by atoms with E-state index in [-0.39, 0.29) is 5.97 Å². The van der Waals surface area contributed by atoms with Crippen LogP contribution in [0.1, 0.15) is 42.7 Å². The zero-order chi connectivity index (χ0) is 17.6. The Morgan fingerprint density at radius 2 is 2.16 bits per heavy atom. The number of benzene rings is 1. The van der Waals surface area contributed by atoms with Crippen LogP contribution in [-0.2, 0) is 24.1 Å². The van der Waals surface area contributed by atoms with Gasteiger partial charge in [0.25, 0.3) is 0 Å². The summed E-state index contributed by atoms with van der Waals surface area (Å²) in [6.45, 7) is 6.00. The number of rotatable bonds is 7. The van der Waals surface area contributed by atoms with Crippen molar-refractivity contribution in [3.8, 4) is 5.75 Å². The molecule has 1 aliphatic carbocycles. The van der Waals surface area contributed by atoms with Gasteiger partial charge in [-0.2, -0.15) is 0 Å². The van der Waals surface area contributed by atoms with Crippen molar-refractivity contribution in [2.24, 2.45) is 0 Å². The van der Waals surface area contributed by atoms with E-state index in [2.05, 4.69) is 35.4 Å². The van der Waals surface area contributed by atoms with Crippen LogP contribution in [0.5, 0.6) is 5.75 Å². The molecule has 0 radical (unpaired) electrons. The van der Waals surface area contributed by atoms with E-state index in [0.717, 1.165) is 44.5 Å². The van der Waals surface area contributed by atoms with Crippen LogP contribution in [0.4, 0.5) is 0 Å². The first-order chi connectivity index (χ1) is 12.2. The zero-order valence-electron chi connectivity index (χ0n) is 15.2. The Hall–Kier alpha value is -1.65. The predicted octanol–water partition coefficient (Wildman–Crippen LogP) is 4.49. The van der Waals surface area contributed by atoms with Gasteiger partial charge in [0.1, 0.15) is 5.75 Å². The van der Waals surface area contributed by atoms with E-state index in [1.165, 1.54) is 29.3 Å². The number of thiophene rings is 1. The molecule has 0 amide bonds. The molecular weight excluding hydrogens is 330 g/mol. The van der Waals surface area contributed by atoms with Crippen LogP contribution in [0.25, 0.3) is 0 Å². The molecule has 3 rings (SSSR count). The number of esters is 1. The third kappa shape index (κ3) is 4.71. The van der Waals surface area contributed by atoms with E-state index >= 15 is 0 Å². The summed E-state index contributed by atoms with van der Waals surface area (Å²) in [7, 11) is 0. The Morgan fingerprint density at radius 1 is 1.28 bits per heavy atom. The fourth-order valence-electron chi connectivity index (χ4n) is 3.79. The fourth-order valence-corrected chi connectivity index (χ4v) is 4.49. The molecule has 1 aromatic heterocycles. The van der Waals surface area contributed by atoms with Crippen LogP contribution < -0.4 is 4.74 Å². The van der Waals surface area contributed by atoms with E-state index in [9.17, 15) is 4.79 Å². The highest BCUT2D eigenvalue weighted by molar-refractivity contribution is 7.09. The molecule has 0 aliphatic heterocycles. The Bertz CT molecular complexity index is 696. The van der Waals surface area contributed by atoms with Gasteiger partial charge in [-0.3, -0.25) is 9.69 Å². The summed E-state index contributed by atoms with van der Waals surface area (Å²) < 4.78 is 5.40. The standard InChI is InChI=1S/C21H27NO2S/c1-3-12-22(13-11-19-7-5-14-25-19)18-9-10-20-17(15-18)6-4-8-21(20)24-16(2)23/h4-8,14,18H,3,9-13,15H2,1-2H3. The largest absolute Gasteiger partial charge is 0.426 e. The van der Waals surface area contributed by atoms with Crippen molar-refractivity contribution < 1.29 is 9.53 Å². The maximum absolute atomic E-state index is 11.3. The summed E-state index contributed by atoms with van der Waals surface area (Å²) in [4.78, 5) is 15.4. The first kappa shape index (κ1) is 18.2. The third-order valence-electron chi connectivity index (χ3n) is 4.92. The monoisotopic (exact) mass is 357 g/mol. The van der Waals surface area contributed by atoms with Gasteiger partial charge >= 0.3 is 5.97 Å². The smallest absolute Gasteiger partial charge is 0.308 e. The van der Waals surface area contributed by atoms with Crippen LogP contribution in [0, 0.1) is 0 Å². The minimum atomic E-state index is -0.237. The SMILES string of the molecule is CCCN(CCc1cccs1)C1CCc2c(cccc2OC(C)=O)C1. The van der Waals surface area contributed by atoms with Crippen molar-refractivity contribution in [2.75, 3.05) is 13.1 Å². The van der Waals surface area contributed by atoms with Gasteiger partial charge in [-0.05, 0) is 67.3 Å². The molecule has 3 nitrogen and oxygen atoms in total. The minimum Gasteiger partial charge on any atom is -0.426 e. The lowest BCUT2D eigenvalue weighted by atomic mass is 9.86. The molecule has 0 saturated heterocycles. The number of fused-ring (bicyclic) bond motifs is 1. The molecule has 1 aliphatic rings. The first-order valence-electron chi connectivity index (χ1n) is 9.23. The number of nitrogens with zero attached hydrogens (tertiary/aromatic N) is 1. The molecule has 2 aromatic rings. The second-order valence-corrected chi connectivity index (χ2v) is 7.78. The highest BCUT2D eigenvalue weighted by Gasteiger charge is 2.26. The molecule has 1 aromatic carbocycles. The second-order valence-electron chi connectivity index (χ2n) is 6.75. The Balaban J connectivity index is 1.69. The molecule has 0 fully saturated rings. The van der Waals surface area contributed by atoms with Crippen molar-refractivity contribution in [1.29, 1.82) is 0 Å². The Labute approximate surface area is 154 Å². The average molecular weight is 358 g/mol. The lowest BCUT2D eigenvalue weighted by Gasteiger charge is -2.35. The van der Waals surface area contributed by atoms with E-state index in [1.807, 2.05) is 23.5 Å². The predicted molar refractivity (Wildman–Crippen MR) is 103 cm³/mol. The molecule has 1 atom stereocenters. The molecule has 1 unspecified atom stereocenters. The highest BCUT2D eigenvalue weighted by atomic mass is 32.1. The van der Waals surface area contributed by atoms with E-state index in [1.54, 1.807) is 0 Å². The molecule has 134 valence electrons. The number of carbonyl (C=O) groups excluding carboxylic acids is 1. The summed E-state index contributed by atoms with van der Waals surface area (Å²) >= 11 is 1.85. The summed E-state index contributed by atoms with van der Waals surface area (Å²) in [5.74, 6) is 0.517. The van der Waals surface area contributed by atoms with Crippen LogP contribution in [-0.4, -0.2) is 30.0 Å². The molecule has 0 N–H and O–H groups in total. The van der Waals surface area contributed by atoms with Crippen LogP contribution >= 0.6 is 11.3 Å². The number of hydrogen-bond donors (Lipinski definition) is 0. The van der Waals surface area contributed by atoms with Crippen molar-refractivity contribution in [1.82, 2.24) is 4.90 Å². The van der Waals surface area contributed by atoms with E-state index in [4.69, 9.17) is 4.74 Å². The summed E-state index contributed by atoms with van der Waals surface area (Å²) in [6.07, 6.45) is 5.49. The highest BCUT2D eigenvalue weighted by Crippen LogP contribution is 2.32. The molecule has 0 bridgehead atoms. The summed E-state index contributed by atoms with van der Waals surface area (Å²) in [5.41, 5.74) is 2.57. The second kappa shape index (κ2) is 8.63. The molecule has 1 heterocycles. The van der Waals surface area contributed by atoms with Crippen LogP contribution in [0.3, 0.4) is 0 Å². The Kier molecular flexibility index (Phi) is 6.27. The van der Waals surface area contributed by atoms with Gasteiger partial charge in [0.05, 0.1) is 0 Å². The van der Waals surface area contributed by atoms with Crippen molar-refractivity contribution in [3.05, 3.63) is 51.7 Å². The number of hydrogen-bond acceptors (Lipinski definition) is 4. The first-order valence-corrected chi connectivity index (χ1v) is 10.1. The maximum Gasteiger partial charge on any atom is 0.308 e. The molecule has 0 spiro atoms. The summed E-state index contributed by atoms with van der Waals surface area (Å²) in [5, 5.41) is 2.16. The minimum absolute atomic E-state index is 0.237. The fraction of sp³-hybridized carbons (Fsp3) is 0.476. The third-order valence-corrected chi connectivity index (χ3v) is 5.86. The summed E-state index contributed by atoms with van der Waals surface area (Å²) in [6, 6.07) is 11.1. The van der Waals surface area contributed by atoms with Gasteiger partial charge in [-0.1, -0.05) is 25.1 Å². The Morgan fingerprint density at radius 3 is 2.88 bits per heavy atom.